The Morgan fingerprint density at radius 2 is 1.44 bits per heavy atom. The zero-order valence-corrected chi connectivity index (χ0v) is 9.61. The van der Waals surface area contributed by atoms with E-state index >= 15 is 0 Å². The molecule has 0 bridgehead atoms. The van der Waals surface area contributed by atoms with E-state index in [2.05, 4.69) is 12.1 Å². The highest BCUT2D eigenvalue weighted by molar-refractivity contribution is 7.79. The topological polar surface area (TPSA) is 74.6 Å². The van der Waals surface area contributed by atoms with E-state index in [9.17, 15) is 0 Å². The maximum Gasteiger partial charge on any atom is 0.394 e. The van der Waals surface area contributed by atoms with Crippen LogP contribution in [0.5, 0.6) is 0 Å². The third-order valence-electron chi connectivity index (χ3n) is 1.74. The molecular weight excluding hydrogens is 252 g/mol. The molecule has 2 N–H and O–H groups in total. The van der Waals surface area contributed by atoms with Gasteiger partial charge in [0.25, 0.3) is 0 Å². The van der Waals surface area contributed by atoms with Gasteiger partial charge in [0, 0.05) is 10.4 Å². The van der Waals surface area contributed by atoms with Crippen LogP contribution in [-0.4, -0.2) is 17.5 Å². The van der Waals surface area contributed by atoms with Crippen molar-refractivity contribution in [2.24, 2.45) is 0 Å². The van der Waals surface area contributed by atoms with Crippen molar-refractivity contribution in [3.05, 3.63) is 47.5 Å². The minimum atomic E-state index is -4.67. The van der Waals surface area contributed by atoms with E-state index in [1.165, 1.54) is 5.39 Å². The maximum atomic E-state index is 8.74. The molecule has 0 aliphatic heterocycles. The average Bonchev–Trinajstić information content (AvgIpc) is 2.16. The molecule has 0 aliphatic rings. The highest BCUT2D eigenvalue weighted by atomic mass is 35.5. The van der Waals surface area contributed by atoms with Crippen LogP contribution in [0.15, 0.2) is 42.5 Å². The lowest BCUT2D eigenvalue weighted by molar-refractivity contribution is 0.381. The van der Waals surface area contributed by atoms with E-state index in [1.807, 2.05) is 30.3 Å². The summed E-state index contributed by atoms with van der Waals surface area (Å²) in [6, 6.07) is 14.0. The second kappa shape index (κ2) is 5.27. The Bertz CT molecular complexity index is 567. The SMILES string of the molecule is Clc1cccc2ccccc12.O=S(=O)(O)O. The molecule has 0 spiro atoms. The first-order chi connectivity index (χ1) is 7.38. The van der Waals surface area contributed by atoms with E-state index in [0.717, 1.165) is 10.4 Å². The van der Waals surface area contributed by atoms with Crippen molar-refractivity contribution in [1.29, 1.82) is 0 Å². The van der Waals surface area contributed by atoms with Crippen LogP contribution in [-0.2, 0) is 10.4 Å². The van der Waals surface area contributed by atoms with E-state index in [-0.39, 0.29) is 0 Å². The molecule has 0 unspecified atom stereocenters. The summed E-state index contributed by atoms with van der Waals surface area (Å²) in [5.41, 5.74) is 0. The predicted octanol–water partition coefficient (Wildman–Crippen LogP) is 2.84. The van der Waals surface area contributed by atoms with Crippen molar-refractivity contribution in [2.75, 3.05) is 0 Å². The Labute approximate surface area is 98.1 Å². The first kappa shape index (κ1) is 12.9. The van der Waals surface area contributed by atoms with Crippen LogP contribution in [0, 0.1) is 0 Å². The highest BCUT2D eigenvalue weighted by Gasteiger charge is 1.93. The number of hydrogen-bond donors (Lipinski definition) is 2. The smallest absolute Gasteiger partial charge is 0.264 e. The number of benzene rings is 2. The van der Waals surface area contributed by atoms with Crippen molar-refractivity contribution in [3.63, 3.8) is 0 Å². The Morgan fingerprint density at radius 3 is 2.00 bits per heavy atom. The lowest BCUT2D eigenvalue weighted by Gasteiger charge is -1.97. The molecule has 6 heteroatoms. The van der Waals surface area contributed by atoms with Gasteiger partial charge in [-0.2, -0.15) is 8.42 Å². The second-order valence-electron chi connectivity index (χ2n) is 2.91. The monoisotopic (exact) mass is 260 g/mol. The molecule has 0 aliphatic carbocycles. The van der Waals surface area contributed by atoms with Gasteiger partial charge in [-0.25, -0.2) is 0 Å². The zero-order valence-electron chi connectivity index (χ0n) is 8.04. The molecule has 0 amide bonds. The molecule has 16 heavy (non-hydrogen) atoms. The summed E-state index contributed by atoms with van der Waals surface area (Å²) in [5, 5.41) is 3.14. The summed E-state index contributed by atoms with van der Waals surface area (Å²) in [5.74, 6) is 0. The predicted molar refractivity (Wildman–Crippen MR) is 63.1 cm³/mol. The molecule has 4 nitrogen and oxygen atoms in total. The Balaban J connectivity index is 0.000000221. The Hall–Kier alpha value is -1.14. The zero-order chi connectivity index (χ0) is 12.2. The van der Waals surface area contributed by atoms with Crippen molar-refractivity contribution < 1.29 is 17.5 Å². The number of rotatable bonds is 0. The molecule has 0 saturated carbocycles. The number of hydrogen-bond acceptors (Lipinski definition) is 2. The van der Waals surface area contributed by atoms with Gasteiger partial charge in [0.05, 0.1) is 0 Å². The molecule has 0 atom stereocenters. The van der Waals surface area contributed by atoms with Gasteiger partial charge in [-0.05, 0) is 11.5 Å². The quantitative estimate of drug-likeness (QED) is 0.714. The Morgan fingerprint density at radius 1 is 0.938 bits per heavy atom. The van der Waals surface area contributed by atoms with Gasteiger partial charge >= 0.3 is 10.4 Å². The fourth-order valence-electron chi connectivity index (χ4n) is 1.19. The molecule has 2 aromatic rings. The summed E-state index contributed by atoms with van der Waals surface area (Å²) >= 11 is 5.96. The molecule has 86 valence electrons. The summed E-state index contributed by atoms with van der Waals surface area (Å²) in [6.07, 6.45) is 0. The van der Waals surface area contributed by atoms with Crippen LogP contribution in [0.4, 0.5) is 0 Å². The second-order valence-corrected chi connectivity index (χ2v) is 4.21. The maximum absolute atomic E-state index is 8.74. The fourth-order valence-corrected chi connectivity index (χ4v) is 1.43. The largest absolute Gasteiger partial charge is 0.394 e. The fraction of sp³-hybridized carbons (Fsp3) is 0. The van der Waals surface area contributed by atoms with E-state index in [4.69, 9.17) is 29.1 Å². The molecular formula is C10H9ClO4S. The summed E-state index contributed by atoms with van der Waals surface area (Å²) in [7, 11) is -4.67. The van der Waals surface area contributed by atoms with Crippen LogP contribution < -0.4 is 0 Å². The standard InChI is InChI=1S/C10H7Cl.H2O4S/c11-10-7-3-5-8-4-1-2-6-9(8)10;1-5(2,3)4/h1-7H;(H2,1,2,3,4). The van der Waals surface area contributed by atoms with Gasteiger partial charge in [0.15, 0.2) is 0 Å². The molecule has 0 aromatic heterocycles. The molecule has 2 aromatic carbocycles. The lowest BCUT2D eigenvalue weighted by Crippen LogP contribution is -1.89. The first-order valence-corrected chi connectivity index (χ1v) is 5.98. The number of halogens is 1. The van der Waals surface area contributed by atoms with Crippen LogP contribution in [0.25, 0.3) is 10.8 Å². The van der Waals surface area contributed by atoms with Crippen molar-refractivity contribution in [3.8, 4) is 0 Å². The van der Waals surface area contributed by atoms with Crippen molar-refractivity contribution in [1.82, 2.24) is 0 Å². The molecule has 0 saturated heterocycles. The molecule has 0 radical (unpaired) electrons. The van der Waals surface area contributed by atoms with Gasteiger partial charge < -0.3 is 0 Å². The van der Waals surface area contributed by atoms with Gasteiger partial charge in [-0.15, -0.1) is 0 Å². The minimum absolute atomic E-state index is 0.822. The van der Waals surface area contributed by atoms with Gasteiger partial charge in [-0.1, -0.05) is 48.0 Å². The van der Waals surface area contributed by atoms with Crippen LogP contribution in [0.1, 0.15) is 0 Å². The van der Waals surface area contributed by atoms with Crippen LogP contribution >= 0.6 is 11.6 Å². The van der Waals surface area contributed by atoms with Gasteiger partial charge in [0.1, 0.15) is 0 Å². The normalized spacial score (nSPS) is 10.7. The molecule has 2 rings (SSSR count). The van der Waals surface area contributed by atoms with Crippen LogP contribution in [0.3, 0.4) is 0 Å². The van der Waals surface area contributed by atoms with Crippen LogP contribution in [0.2, 0.25) is 5.02 Å². The minimum Gasteiger partial charge on any atom is -0.264 e. The van der Waals surface area contributed by atoms with E-state index in [1.54, 1.807) is 0 Å². The summed E-state index contributed by atoms with van der Waals surface area (Å²) in [6.45, 7) is 0. The third-order valence-corrected chi connectivity index (χ3v) is 2.07. The van der Waals surface area contributed by atoms with E-state index in [0.29, 0.717) is 0 Å². The van der Waals surface area contributed by atoms with Crippen molar-refractivity contribution >= 4 is 32.8 Å². The van der Waals surface area contributed by atoms with Gasteiger partial charge in [0.2, 0.25) is 0 Å². The number of fused-ring (bicyclic) bond motifs is 1. The average molecular weight is 261 g/mol. The molecule has 0 fully saturated rings. The summed E-state index contributed by atoms with van der Waals surface area (Å²) < 4.78 is 31.6. The lowest BCUT2D eigenvalue weighted by atomic mass is 10.1. The molecule has 0 heterocycles. The summed E-state index contributed by atoms with van der Waals surface area (Å²) in [4.78, 5) is 0. The highest BCUT2D eigenvalue weighted by Crippen LogP contribution is 2.21. The van der Waals surface area contributed by atoms with E-state index < -0.39 is 10.4 Å². The first-order valence-electron chi connectivity index (χ1n) is 4.21. The van der Waals surface area contributed by atoms with Gasteiger partial charge in [-0.3, -0.25) is 9.11 Å². The Kier molecular flexibility index (Phi) is 4.26. The third kappa shape index (κ3) is 4.59. The van der Waals surface area contributed by atoms with Crippen molar-refractivity contribution in [2.45, 2.75) is 0 Å².